The summed E-state index contributed by atoms with van der Waals surface area (Å²) in [5, 5.41) is 10.6. The summed E-state index contributed by atoms with van der Waals surface area (Å²) in [5.41, 5.74) is 1.43. The number of amides is 2. The minimum absolute atomic E-state index is 0.0823. The molecule has 11 heteroatoms. The van der Waals surface area contributed by atoms with Gasteiger partial charge in [-0.2, -0.15) is 5.10 Å². The van der Waals surface area contributed by atoms with Crippen LogP contribution in [0.5, 0.6) is 5.75 Å². The third kappa shape index (κ3) is 6.16. The van der Waals surface area contributed by atoms with Crippen molar-refractivity contribution in [1.29, 1.82) is 0 Å². The molecule has 0 bridgehead atoms. The van der Waals surface area contributed by atoms with E-state index in [0.29, 0.717) is 27.7 Å². The molecular weight excluding hydrogens is 515 g/mol. The average molecular weight is 534 g/mol. The molecule has 2 N–H and O–H groups in total. The number of ether oxygens (including phenoxy) is 1. The van der Waals surface area contributed by atoms with Gasteiger partial charge in [-0.1, -0.05) is 46.9 Å². The zero-order valence-electron chi connectivity index (χ0n) is 18.3. The molecule has 4 aromatic rings. The van der Waals surface area contributed by atoms with Gasteiger partial charge >= 0.3 is 0 Å². The van der Waals surface area contributed by atoms with Gasteiger partial charge in [-0.3, -0.25) is 14.3 Å². The van der Waals surface area contributed by atoms with Gasteiger partial charge in [-0.15, -0.1) is 0 Å². The van der Waals surface area contributed by atoms with Crippen LogP contribution in [0.1, 0.15) is 32.2 Å². The highest BCUT2D eigenvalue weighted by atomic mass is 35.5. The lowest BCUT2D eigenvalue weighted by Crippen LogP contribution is -2.25. The van der Waals surface area contributed by atoms with Crippen LogP contribution in [-0.2, 0) is 20.2 Å². The Bertz CT molecular complexity index is 1350. The molecule has 4 rings (SSSR count). The lowest BCUT2D eigenvalue weighted by molar-refractivity contribution is 0.0943. The summed E-state index contributed by atoms with van der Waals surface area (Å²) in [6.07, 6.45) is 3.07. The second-order valence-electron chi connectivity index (χ2n) is 7.47. The van der Waals surface area contributed by atoms with Crippen molar-refractivity contribution in [3.05, 3.63) is 98.6 Å². The summed E-state index contributed by atoms with van der Waals surface area (Å²) < 4.78 is 12.4. The molecule has 2 aromatic heterocycles. The van der Waals surface area contributed by atoms with Gasteiger partial charge < -0.3 is 19.8 Å². The number of rotatable bonds is 8. The molecule has 35 heavy (non-hydrogen) atoms. The van der Waals surface area contributed by atoms with E-state index in [1.54, 1.807) is 49.6 Å². The Morgan fingerprint density at radius 3 is 2.54 bits per heavy atom. The van der Waals surface area contributed by atoms with Gasteiger partial charge in [0.2, 0.25) is 0 Å². The Morgan fingerprint density at radius 2 is 1.83 bits per heavy atom. The standard InChI is InChI=1S/C24H19Cl3N4O4/c1-31-12-20(21(30-31)24(33)28-11-17-6-3-7-34-17)29-23(32)15-5-2-4-14(8-15)13-35-22-18(26)9-16(25)10-19(22)27/h2-10,12H,11,13H2,1H3,(H,28,33)(H,29,32). The molecule has 0 aliphatic heterocycles. The van der Waals surface area contributed by atoms with E-state index in [0.717, 1.165) is 0 Å². The van der Waals surface area contributed by atoms with Crippen molar-refractivity contribution in [3.8, 4) is 5.75 Å². The van der Waals surface area contributed by atoms with Crippen LogP contribution in [0.2, 0.25) is 15.1 Å². The number of nitrogens with zero attached hydrogens (tertiary/aromatic N) is 2. The van der Waals surface area contributed by atoms with Gasteiger partial charge in [-0.05, 0) is 42.0 Å². The molecule has 0 radical (unpaired) electrons. The zero-order chi connectivity index (χ0) is 24.9. The number of anilines is 1. The summed E-state index contributed by atoms with van der Waals surface area (Å²) in [4.78, 5) is 25.5. The Kier molecular flexibility index (Phi) is 7.65. The van der Waals surface area contributed by atoms with Crippen LogP contribution in [0.15, 0.2) is 65.4 Å². The van der Waals surface area contributed by atoms with Crippen molar-refractivity contribution in [1.82, 2.24) is 15.1 Å². The fourth-order valence-electron chi connectivity index (χ4n) is 3.23. The van der Waals surface area contributed by atoms with Gasteiger partial charge in [0.1, 0.15) is 12.4 Å². The number of benzene rings is 2. The Hall–Kier alpha value is -3.46. The number of aromatic nitrogens is 2. The van der Waals surface area contributed by atoms with Crippen LogP contribution in [0.3, 0.4) is 0 Å². The monoisotopic (exact) mass is 532 g/mol. The molecule has 0 fully saturated rings. The predicted molar refractivity (Wildman–Crippen MR) is 133 cm³/mol. The highest BCUT2D eigenvalue weighted by molar-refractivity contribution is 6.40. The molecule has 0 unspecified atom stereocenters. The summed E-state index contributed by atoms with van der Waals surface area (Å²) in [7, 11) is 1.66. The number of furan rings is 1. The van der Waals surface area contributed by atoms with Crippen molar-refractivity contribution in [3.63, 3.8) is 0 Å². The minimum atomic E-state index is -0.448. The SMILES string of the molecule is Cn1cc(NC(=O)c2cccc(COc3c(Cl)cc(Cl)cc3Cl)c2)c(C(=O)NCc2ccco2)n1. The molecule has 0 spiro atoms. The molecule has 0 aliphatic rings. The molecule has 180 valence electrons. The second kappa shape index (κ2) is 10.9. The Morgan fingerprint density at radius 1 is 1.06 bits per heavy atom. The van der Waals surface area contributed by atoms with Crippen LogP contribution < -0.4 is 15.4 Å². The first kappa shape index (κ1) is 24.7. The molecule has 0 aliphatic carbocycles. The van der Waals surface area contributed by atoms with E-state index in [1.807, 2.05) is 0 Å². The first-order valence-electron chi connectivity index (χ1n) is 10.3. The number of hydrogen-bond donors (Lipinski definition) is 2. The summed E-state index contributed by atoms with van der Waals surface area (Å²) >= 11 is 18.3. The van der Waals surface area contributed by atoms with E-state index < -0.39 is 11.8 Å². The summed E-state index contributed by atoms with van der Waals surface area (Å²) in [6, 6.07) is 13.4. The topological polar surface area (TPSA) is 98.4 Å². The number of carbonyl (C=O) groups is 2. The number of nitrogens with one attached hydrogen (secondary N) is 2. The predicted octanol–water partition coefficient (Wildman–Crippen LogP) is 5.73. The van der Waals surface area contributed by atoms with Crippen LogP contribution >= 0.6 is 34.8 Å². The van der Waals surface area contributed by atoms with Gasteiger partial charge in [0.25, 0.3) is 11.8 Å². The maximum atomic E-state index is 12.9. The molecule has 2 amide bonds. The smallest absolute Gasteiger partial charge is 0.274 e. The maximum absolute atomic E-state index is 12.9. The van der Waals surface area contributed by atoms with Crippen LogP contribution in [0.4, 0.5) is 5.69 Å². The zero-order valence-corrected chi connectivity index (χ0v) is 20.6. The lowest BCUT2D eigenvalue weighted by atomic mass is 10.1. The number of carbonyl (C=O) groups excluding carboxylic acids is 2. The first-order valence-corrected chi connectivity index (χ1v) is 11.5. The van der Waals surface area contributed by atoms with Gasteiger partial charge in [0, 0.05) is 23.8 Å². The van der Waals surface area contributed by atoms with E-state index in [4.69, 9.17) is 44.0 Å². The maximum Gasteiger partial charge on any atom is 0.274 e. The highest BCUT2D eigenvalue weighted by Crippen LogP contribution is 2.36. The molecule has 8 nitrogen and oxygen atoms in total. The quantitative estimate of drug-likeness (QED) is 0.301. The van der Waals surface area contributed by atoms with E-state index in [2.05, 4.69) is 15.7 Å². The molecule has 2 heterocycles. The molecular formula is C24H19Cl3N4O4. The fourth-order valence-corrected chi connectivity index (χ4v) is 4.16. The minimum Gasteiger partial charge on any atom is -0.486 e. The third-order valence-electron chi connectivity index (χ3n) is 4.83. The lowest BCUT2D eigenvalue weighted by Gasteiger charge is -2.11. The second-order valence-corrected chi connectivity index (χ2v) is 8.72. The number of hydrogen-bond acceptors (Lipinski definition) is 5. The van der Waals surface area contributed by atoms with Crippen molar-refractivity contribution in [2.75, 3.05) is 5.32 Å². The van der Waals surface area contributed by atoms with Gasteiger partial charge in [0.15, 0.2) is 11.4 Å². The molecule has 0 saturated carbocycles. The van der Waals surface area contributed by atoms with Gasteiger partial charge in [-0.25, -0.2) is 0 Å². The summed E-state index contributed by atoms with van der Waals surface area (Å²) in [5.74, 6) is 0.0342. The van der Waals surface area contributed by atoms with E-state index in [1.165, 1.54) is 23.1 Å². The molecule has 0 atom stereocenters. The molecule has 2 aromatic carbocycles. The highest BCUT2D eigenvalue weighted by Gasteiger charge is 2.19. The largest absolute Gasteiger partial charge is 0.486 e. The Balaban J connectivity index is 1.43. The van der Waals surface area contributed by atoms with Crippen LogP contribution in [0.25, 0.3) is 0 Å². The van der Waals surface area contributed by atoms with Crippen molar-refractivity contribution < 1.29 is 18.7 Å². The van der Waals surface area contributed by atoms with E-state index >= 15 is 0 Å². The van der Waals surface area contributed by atoms with E-state index in [9.17, 15) is 9.59 Å². The van der Waals surface area contributed by atoms with Crippen LogP contribution in [-0.4, -0.2) is 21.6 Å². The third-order valence-corrected chi connectivity index (χ3v) is 5.61. The van der Waals surface area contributed by atoms with Crippen molar-refractivity contribution in [2.45, 2.75) is 13.2 Å². The first-order chi connectivity index (χ1) is 16.8. The van der Waals surface area contributed by atoms with E-state index in [-0.39, 0.29) is 34.6 Å². The molecule has 0 saturated heterocycles. The summed E-state index contributed by atoms with van der Waals surface area (Å²) in [6.45, 7) is 0.314. The van der Waals surface area contributed by atoms with Crippen LogP contribution in [0, 0.1) is 0 Å². The Labute approximate surface area is 215 Å². The van der Waals surface area contributed by atoms with Crippen molar-refractivity contribution in [2.24, 2.45) is 7.05 Å². The van der Waals surface area contributed by atoms with Crippen molar-refractivity contribution >= 4 is 52.3 Å². The van der Waals surface area contributed by atoms with Gasteiger partial charge in [0.05, 0.1) is 28.5 Å². The normalized spacial score (nSPS) is 10.7. The fraction of sp³-hybridized carbons (Fsp3) is 0.125. The number of halogens is 3. The average Bonchev–Trinajstić information content (AvgIpc) is 3.46. The number of aryl methyl sites for hydroxylation is 1.